The number of phenols is 1. The maximum absolute atomic E-state index is 11.1. The van der Waals surface area contributed by atoms with Crippen LogP contribution in [0.1, 0.15) is 22.8 Å². The quantitative estimate of drug-likeness (QED) is 0.323. The molecule has 26 heavy (non-hydrogen) atoms. The number of phenolic OH excluding ortho intramolecular Hbond substituents is 1. The molecule has 0 bridgehead atoms. The molecule has 5 N–H and O–H groups in total. The number of rotatable bonds is 3. The molecule has 8 nitrogen and oxygen atoms in total. The van der Waals surface area contributed by atoms with Crippen molar-refractivity contribution in [3.8, 4) is 5.75 Å². The Labute approximate surface area is 160 Å². The van der Waals surface area contributed by atoms with Crippen LogP contribution in [0, 0.1) is 6.92 Å². The van der Waals surface area contributed by atoms with Crippen LogP contribution in [0.2, 0.25) is 0 Å². The van der Waals surface area contributed by atoms with Crippen molar-refractivity contribution in [1.82, 2.24) is 0 Å². The predicted molar refractivity (Wildman–Crippen MR) is 98.8 cm³/mol. The number of aryl methyl sites for hydroxylation is 1. The van der Waals surface area contributed by atoms with E-state index in [-0.39, 0.29) is 15.8 Å². The van der Waals surface area contributed by atoms with Gasteiger partial charge in [0.2, 0.25) is 0 Å². The van der Waals surface area contributed by atoms with Crippen molar-refractivity contribution in [2.45, 2.75) is 13.8 Å². The fourth-order valence-electron chi connectivity index (χ4n) is 1.88. The fourth-order valence-corrected chi connectivity index (χ4v) is 3.85. The van der Waals surface area contributed by atoms with Crippen LogP contribution >= 0.6 is 15.9 Å². The number of para-hydroxylation sites is 1. The van der Waals surface area contributed by atoms with E-state index in [2.05, 4.69) is 21.2 Å². The number of benzene rings is 2. The molecular weight excluding hydrogens is 473 g/mol. The molecule has 10 heteroatoms. The molecule has 0 aliphatic heterocycles. The summed E-state index contributed by atoms with van der Waals surface area (Å²) in [5.74, 6) is -1.78. The molecule has 0 unspecified atom stereocenters. The Morgan fingerprint density at radius 2 is 1.77 bits per heavy atom. The maximum atomic E-state index is 11.1. The van der Waals surface area contributed by atoms with Crippen molar-refractivity contribution in [3.63, 3.8) is 0 Å². The monoisotopic (exact) mass is 489 g/mol. The maximum Gasteiger partial charge on any atom is 0.336 e. The van der Waals surface area contributed by atoms with E-state index in [1.807, 2.05) is 13.0 Å². The van der Waals surface area contributed by atoms with Gasteiger partial charge >= 0.3 is 94.1 Å². The van der Waals surface area contributed by atoms with Crippen LogP contribution in [0.5, 0.6) is 5.75 Å². The number of halogens is 1. The first-order valence-electron chi connectivity index (χ1n) is 7.08. The topological polar surface area (TPSA) is 144 Å². The van der Waals surface area contributed by atoms with E-state index >= 15 is 0 Å². The van der Waals surface area contributed by atoms with Gasteiger partial charge in [-0.25, -0.2) is 4.79 Å². The van der Waals surface area contributed by atoms with Gasteiger partial charge in [-0.3, -0.25) is 0 Å². The van der Waals surface area contributed by atoms with E-state index in [9.17, 15) is 18.4 Å². The van der Waals surface area contributed by atoms with Crippen LogP contribution in [0.4, 0.5) is 5.69 Å². The zero-order chi connectivity index (χ0) is 20.1. The minimum Gasteiger partial charge on any atom is -0.478 e. The number of carboxylic acid groups (broad SMARTS) is 1. The molecule has 2 aromatic carbocycles. The molecule has 0 saturated heterocycles. The number of aromatic carboxylic acids is 1. The van der Waals surface area contributed by atoms with Crippen LogP contribution in [-0.2, 0) is 8.53 Å². The molecule has 0 aliphatic rings. The van der Waals surface area contributed by atoms with Crippen molar-refractivity contribution in [2.75, 3.05) is 5.32 Å². The molecule has 2 rings (SSSR count). The fraction of sp³-hybridized carbons (Fsp3) is 0.125. The molecule has 0 radical (unpaired) electrons. The van der Waals surface area contributed by atoms with E-state index in [1.165, 1.54) is 25.1 Å². The molecule has 0 spiro atoms. The molecule has 0 saturated carbocycles. The second-order valence-corrected chi connectivity index (χ2v) is 9.33. The summed E-state index contributed by atoms with van der Waals surface area (Å²) in [6.45, 7) is 3.04. The molecule has 0 heterocycles. The third-order valence-electron chi connectivity index (χ3n) is 2.99. The largest absolute Gasteiger partial charge is 0.478 e. The first-order chi connectivity index (χ1) is 11.9. The number of carboxylic acids is 1. The molecule has 0 fully saturated rings. The van der Waals surface area contributed by atoms with Gasteiger partial charge in [0.05, 0.1) is 5.56 Å². The van der Waals surface area contributed by atoms with Gasteiger partial charge in [0.1, 0.15) is 0 Å². The Bertz CT molecular complexity index is 879. The summed E-state index contributed by atoms with van der Waals surface area (Å²) in [5.41, 5.74) is 1.04. The molecule has 0 aliphatic carbocycles. The van der Waals surface area contributed by atoms with Crippen LogP contribution < -0.4 is 9.67 Å². The smallest absolute Gasteiger partial charge is 0.336 e. The van der Waals surface area contributed by atoms with Gasteiger partial charge in [0.15, 0.2) is 0 Å². The van der Waals surface area contributed by atoms with Gasteiger partial charge in [-0.1, -0.05) is 11.6 Å². The van der Waals surface area contributed by atoms with Crippen LogP contribution in [-0.4, -0.2) is 44.5 Å². The molecule has 2 aromatic rings. The van der Waals surface area contributed by atoms with Crippen molar-refractivity contribution in [2.24, 2.45) is 0 Å². The summed E-state index contributed by atoms with van der Waals surface area (Å²) in [5, 5.41) is 20.2. The molecule has 0 atom stereocenters. The zero-order valence-electron chi connectivity index (χ0n) is 13.8. The number of carbonyl (C=O) groups excluding carboxylic acids is 1. The van der Waals surface area contributed by atoms with Gasteiger partial charge in [-0.05, 0) is 35.0 Å². The third-order valence-corrected chi connectivity index (χ3v) is 5.78. The van der Waals surface area contributed by atoms with Crippen LogP contribution in [0.15, 0.2) is 40.9 Å². The minimum atomic E-state index is -5.14. The van der Waals surface area contributed by atoms with Gasteiger partial charge < -0.3 is 5.11 Å². The Balaban J connectivity index is 0.000000273. The van der Waals surface area contributed by atoms with Crippen LogP contribution in [0.25, 0.3) is 0 Å². The van der Waals surface area contributed by atoms with Crippen LogP contribution in [0.3, 0.4) is 0 Å². The average Bonchev–Trinajstić information content (AvgIpc) is 2.50. The number of amides is 1. The number of aromatic hydroxyl groups is 1. The third kappa shape index (κ3) is 6.34. The number of carbonyl (C=O) groups is 2. The van der Waals surface area contributed by atoms with Gasteiger partial charge in [-0.2, -0.15) is 0 Å². The molecule has 1 amide bonds. The summed E-state index contributed by atoms with van der Waals surface area (Å²) >= 11 is -1.99. The Morgan fingerprint density at radius 3 is 2.23 bits per heavy atom. The SMILES string of the molecule is CC(=O)Nc1c(O)cccc1[As](=O)(O)O.Cc1ccc(Br)c(C(=O)O)c1. The Kier molecular flexibility index (Phi) is 7.65. The molecule has 140 valence electrons. The molecular formula is C16H17AsBrNO7. The van der Waals surface area contributed by atoms with Gasteiger partial charge in [0, 0.05) is 4.47 Å². The van der Waals surface area contributed by atoms with E-state index < -0.39 is 26.0 Å². The number of hydrogen-bond donors (Lipinski definition) is 5. The zero-order valence-corrected chi connectivity index (χ0v) is 17.3. The summed E-state index contributed by atoms with van der Waals surface area (Å²) in [4.78, 5) is 21.3. The Morgan fingerprint density at radius 1 is 1.15 bits per heavy atom. The predicted octanol–water partition coefficient (Wildman–Crippen LogP) is 1.37. The van der Waals surface area contributed by atoms with Gasteiger partial charge in [-0.15, -0.1) is 0 Å². The van der Waals surface area contributed by atoms with E-state index in [1.54, 1.807) is 12.1 Å². The standard InChI is InChI=1S/C8H10AsNO5.C8H7BrO2/c1-5(11)10-8-6(9(13,14)15)3-2-4-7(8)12;1-5-2-3-7(9)6(4-5)8(10)11/h2-4,12H,1H3,(H,10,11)(H2,13,14,15);2-4H,1H3,(H,10,11). The second-order valence-electron chi connectivity index (χ2n) is 5.18. The molecule has 0 aromatic heterocycles. The van der Waals surface area contributed by atoms with Crippen molar-refractivity contribution >= 4 is 52.0 Å². The second kappa shape index (κ2) is 9.04. The van der Waals surface area contributed by atoms with Gasteiger partial charge in [0.25, 0.3) is 0 Å². The first-order valence-corrected chi connectivity index (χ1v) is 11.3. The minimum absolute atomic E-state index is 0.225. The summed E-state index contributed by atoms with van der Waals surface area (Å²) in [7, 11) is 0. The van der Waals surface area contributed by atoms with Crippen molar-refractivity contribution in [1.29, 1.82) is 0 Å². The first kappa shape index (κ1) is 22.0. The Hall–Kier alpha value is -2.06. The summed E-state index contributed by atoms with van der Waals surface area (Å²) in [6.07, 6.45) is 0. The average molecular weight is 490 g/mol. The number of hydrogen-bond acceptors (Lipinski definition) is 4. The number of anilines is 1. The van der Waals surface area contributed by atoms with E-state index in [0.29, 0.717) is 10.0 Å². The van der Waals surface area contributed by atoms with Crippen molar-refractivity contribution in [3.05, 3.63) is 52.0 Å². The van der Waals surface area contributed by atoms with Crippen molar-refractivity contribution < 1.29 is 31.7 Å². The number of nitrogens with one attached hydrogen (secondary N) is 1. The van der Waals surface area contributed by atoms with E-state index in [0.717, 1.165) is 5.56 Å². The summed E-state index contributed by atoms with van der Waals surface area (Å²) in [6, 6.07) is 8.93. The summed E-state index contributed by atoms with van der Waals surface area (Å²) < 4.78 is 29.4. The van der Waals surface area contributed by atoms with E-state index in [4.69, 9.17) is 13.3 Å². The normalized spacial score (nSPS) is 10.5.